The summed E-state index contributed by atoms with van der Waals surface area (Å²) in [5, 5.41) is 27.7. The molecular formula is C30H28N6O5. The fourth-order valence-corrected chi connectivity index (χ4v) is 3.97. The van der Waals surface area contributed by atoms with E-state index in [1.807, 2.05) is 31.2 Å². The number of benzene rings is 3. The summed E-state index contributed by atoms with van der Waals surface area (Å²) in [4.78, 5) is 48.8. The number of carbonyl (C=O) groups is 4. The third-order valence-corrected chi connectivity index (χ3v) is 6.06. The molecule has 4 rings (SSSR count). The highest BCUT2D eigenvalue weighted by molar-refractivity contribution is 6.00. The molecule has 0 radical (unpaired) electrons. The van der Waals surface area contributed by atoms with Crippen LogP contribution in [-0.2, 0) is 16.0 Å². The molecule has 1 aromatic heterocycles. The lowest BCUT2D eigenvalue weighted by Crippen LogP contribution is -2.31. The molecule has 11 heteroatoms. The Morgan fingerprint density at radius 1 is 0.805 bits per heavy atom. The maximum absolute atomic E-state index is 12.6. The lowest BCUT2D eigenvalue weighted by molar-refractivity contribution is -0.137. The van der Waals surface area contributed by atoms with Gasteiger partial charge in [0.1, 0.15) is 0 Å². The van der Waals surface area contributed by atoms with Gasteiger partial charge in [-0.25, -0.2) is 4.79 Å². The number of anilines is 3. The van der Waals surface area contributed by atoms with Crippen LogP contribution in [0.5, 0.6) is 0 Å². The first-order valence-corrected chi connectivity index (χ1v) is 12.7. The number of aryl methyl sites for hydroxylation is 1. The van der Waals surface area contributed by atoms with Gasteiger partial charge in [-0.2, -0.15) is 5.10 Å². The molecule has 3 aromatic carbocycles. The summed E-state index contributed by atoms with van der Waals surface area (Å²) in [6, 6.07) is 22.8. The summed E-state index contributed by atoms with van der Waals surface area (Å²) in [5.41, 5.74) is 4.13. The second-order valence-electron chi connectivity index (χ2n) is 9.17. The first kappa shape index (κ1) is 28.4. The highest BCUT2D eigenvalue weighted by Crippen LogP contribution is 2.21. The molecule has 0 aliphatic heterocycles. The number of carboxylic acids is 1. The average Bonchev–Trinajstić information content (AvgIpc) is 2.95. The Kier molecular flexibility index (Phi) is 9.34. The molecule has 0 unspecified atom stereocenters. The van der Waals surface area contributed by atoms with Crippen LogP contribution >= 0.6 is 0 Å². The molecule has 5 N–H and O–H groups in total. The number of carbonyl (C=O) groups excluding carboxylic acids is 3. The van der Waals surface area contributed by atoms with E-state index in [1.54, 1.807) is 54.6 Å². The highest BCUT2D eigenvalue weighted by atomic mass is 16.4. The van der Waals surface area contributed by atoms with Crippen LogP contribution in [0.4, 0.5) is 21.9 Å². The van der Waals surface area contributed by atoms with Gasteiger partial charge in [0, 0.05) is 23.3 Å². The monoisotopic (exact) mass is 552 g/mol. The van der Waals surface area contributed by atoms with Crippen LogP contribution in [0.1, 0.15) is 39.6 Å². The Labute approximate surface area is 236 Å². The first-order valence-electron chi connectivity index (χ1n) is 12.7. The number of hydrogen-bond acceptors (Lipinski definition) is 6. The van der Waals surface area contributed by atoms with Crippen molar-refractivity contribution in [3.63, 3.8) is 0 Å². The van der Waals surface area contributed by atoms with Gasteiger partial charge in [-0.05, 0) is 66.1 Å². The second-order valence-corrected chi connectivity index (χ2v) is 9.17. The standard InChI is InChI=1S/C30H28N6O5/c1-19-5-2-3-6-24(19)35-30(41)33-23-12-8-20(9-13-23)17-27(37)32-22-14-10-21(11-15-22)26(18-28(38)39)34-29(40)25-7-4-16-31-36-25/h2-16,26H,17-18H2,1H3,(H,32,37)(H,34,40)(H,38,39)(H2,33,35,41)/t26-/m1/s1. The highest BCUT2D eigenvalue weighted by Gasteiger charge is 2.20. The van der Waals surface area contributed by atoms with E-state index in [-0.39, 0.29) is 30.5 Å². The number of nitrogens with one attached hydrogen (secondary N) is 4. The fraction of sp³-hybridized carbons (Fsp3) is 0.133. The summed E-state index contributed by atoms with van der Waals surface area (Å²) >= 11 is 0. The molecule has 1 atom stereocenters. The van der Waals surface area contributed by atoms with E-state index in [2.05, 4.69) is 31.5 Å². The maximum atomic E-state index is 12.6. The van der Waals surface area contributed by atoms with Crippen LogP contribution in [0.2, 0.25) is 0 Å². The van der Waals surface area contributed by atoms with E-state index >= 15 is 0 Å². The van der Waals surface area contributed by atoms with E-state index in [0.29, 0.717) is 16.9 Å². The van der Waals surface area contributed by atoms with Gasteiger partial charge in [-0.15, -0.1) is 5.10 Å². The third kappa shape index (κ3) is 8.45. The number of amides is 4. The van der Waals surface area contributed by atoms with Crippen molar-refractivity contribution >= 4 is 40.9 Å². The molecule has 208 valence electrons. The predicted octanol–water partition coefficient (Wildman–Crippen LogP) is 4.56. The molecule has 0 aliphatic carbocycles. The summed E-state index contributed by atoms with van der Waals surface area (Å²) in [6.07, 6.45) is 1.20. The number of rotatable bonds is 10. The van der Waals surface area contributed by atoms with Crippen LogP contribution in [-0.4, -0.2) is 39.1 Å². The predicted molar refractivity (Wildman–Crippen MR) is 154 cm³/mol. The molecule has 0 bridgehead atoms. The fourth-order valence-electron chi connectivity index (χ4n) is 3.97. The lowest BCUT2D eigenvalue weighted by atomic mass is 10.0. The van der Waals surface area contributed by atoms with Crippen molar-refractivity contribution in [3.8, 4) is 0 Å². The summed E-state index contributed by atoms with van der Waals surface area (Å²) < 4.78 is 0. The average molecular weight is 553 g/mol. The van der Waals surface area contributed by atoms with Crippen molar-refractivity contribution in [2.24, 2.45) is 0 Å². The van der Waals surface area contributed by atoms with Crippen LogP contribution in [0, 0.1) is 6.92 Å². The Hall–Kier alpha value is -5.58. The van der Waals surface area contributed by atoms with E-state index < -0.39 is 17.9 Å². The second kappa shape index (κ2) is 13.5. The van der Waals surface area contributed by atoms with E-state index in [9.17, 15) is 24.3 Å². The van der Waals surface area contributed by atoms with Gasteiger partial charge in [0.05, 0.1) is 18.9 Å². The van der Waals surface area contributed by atoms with E-state index in [4.69, 9.17) is 0 Å². The number of para-hydroxylation sites is 1. The van der Waals surface area contributed by atoms with Gasteiger partial charge in [-0.1, -0.05) is 42.5 Å². The van der Waals surface area contributed by atoms with Crippen molar-refractivity contribution < 1.29 is 24.3 Å². The molecular weight excluding hydrogens is 524 g/mol. The molecule has 0 saturated carbocycles. The van der Waals surface area contributed by atoms with Crippen LogP contribution in [0.3, 0.4) is 0 Å². The van der Waals surface area contributed by atoms with Gasteiger partial charge in [0.15, 0.2) is 5.69 Å². The molecule has 0 aliphatic rings. The number of carboxylic acid groups (broad SMARTS) is 1. The molecule has 0 fully saturated rings. The zero-order valence-electron chi connectivity index (χ0n) is 22.1. The minimum atomic E-state index is -1.08. The Balaban J connectivity index is 1.30. The molecule has 0 saturated heterocycles. The van der Waals surface area contributed by atoms with Crippen molar-refractivity contribution in [2.75, 3.05) is 16.0 Å². The molecule has 41 heavy (non-hydrogen) atoms. The normalized spacial score (nSPS) is 11.1. The van der Waals surface area contributed by atoms with Crippen LogP contribution in [0.25, 0.3) is 0 Å². The maximum Gasteiger partial charge on any atom is 0.323 e. The Bertz CT molecular complexity index is 1530. The first-order chi connectivity index (χ1) is 19.8. The van der Waals surface area contributed by atoms with Crippen LogP contribution < -0.4 is 21.3 Å². The van der Waals surface area contributed by atoms with E-state index in [0.717, 1.165) is 16.8 Å². The summed E-state index contributed by atoms with van der Waals surface area (Å²) in [6.45, 7) is 1.91. The van der Waals surface area contributed by atoms with Crippen LogP contribution in [0.15, 0.2) is 91.1 Å². The third-order valence-electron chi connectivity index (χ3n) is 6.06. The zero-order chi connectivity index (χ0) is 29.2. The molecule has 1 heterocycles. The molecule has 0 spiro atoms. The van der Waals surface area contributed by atoms with Crippen molar-refractivity contribution in [1.82, 2.24) is 15.5 Å². The van der Waals surface area contributed by atoms with Gasteiger partial charge < -0.3 is 26.4 Å². The van der Waals surface area contributed by atoms with Crippen molar-refractivity contribution in [3.05, 3.63) is 114 Å². The zero-order valence-corrected chi connectivity index (χ0v) is 22.1. The van der Waals surface area contributed by atoms with Crippen molar-refractivity contribution in [2.45, 2.75) is 25.8 Å². The minimum absolute atomic E-state index is 0.0705. The summed E-state index contributed by atoms with van der Waals surface area (Å²) in [7, 11) is 0. The number of aromatic nitrogens is 2. The SMILES string of the molecule is Cc1ccccc1NC(=O)Nc1ccc(CC(=O)Nc2ccc([C@@H](CC(=O)O)NC(=O)c3cccnn3)cc2)cc1. The largest absolute Gasteiger partial charge is 0.481 e. The lowest BCUT2D eigenvalue weighted by Gasteiger charge is -2.17. The smallest absolute Gasteiger partial charge is 0.323 e. The number of aliphatic carboxylic acids is 1. The Morgan fingerprint density at radius 2 is 1.49 bits per heavy atom. The minimum Gasteiger partial charge on any atom is -0.481 e. The van der Waals surface area contributed by atoms with E-state index in [1.165, 1.54) is 12.3 Å². The van der Waals surface area contributed by atoms with Gasteiger partial charge in [0.25, 0.3) is 5.91 Å². The number of urea groups is 1. The Morgan fingerprint density at radius 3 is 2.15 bits per heavy atom. The molecule has 4 amide bonds. The number of nitrogens with zero attached hydrogens (tertiary/aromatic N) is 2. The molecule has 4 aromatic rings. The molecule has 11 nitrogen and oxygen atoms in total. The van der Waals surface area contributed by atoms with Gasteiger partial charge in [0.2, 0.25) is 5.91 Å². The number of hydrogen-bond donors (Lipinski definition) is 5. The quantitative estimate of drug-likeness (QED) is 0.193. The summed E-state index contributed by atoms with van der Waals surface area (Å²) in [5.74, 6) is -1.89. The van der Waals surface area contributed by atoms with Gasteiger partial charge in [-0.3, -0.25) is 14.4 Å². The van der Waals surface area contributed by atoms with Gasteiger partial charge >= 0.3 is 12.0 Å². The topological polar surface area (TPSA) is 162 Å². The van der Waals surface area contributed by atoms with Crippen molar-refractivity contribution in [1.29, 1.82) is 0 Å².